The first kappa shape index (κ1) is 13.7. The normalized spacial score (nSPS) is 12.9. The molecule has 0 saturated carbocycles. The second-order valence-corrected chi connectivity index (χ2v) is 4.47. The van der Waals surface area contributed by atoms with Crippen molar-refractivity contribution in [1.82, 2.24) is 0 Å². The van der Waals surface area contributed by atoms with E-state index in [-0.39, 0.29) is 0 Å². The predicted octanol–water partition coefficient (Wildman–Crippen LogP) is 4.70. The van der Waals surface area contributed by atoms with Crippen molar-refractivity contribution in [2.75, 3.05) is 0 Å². The lowest BCUT2D eigenvalue weighted by molar-refractivity contribution is 0.919. The first-order valence-corrected chi connectivity index (χ1v) is 6.40. The van der Waals surface area contributed by atoms with Crippen molar-refractivity contribution >= 4 is 5.71 Å². The number of nitrogens with zero attached hydrogens (tertiary/aromatic N) is 1. The highest BCUT2D eigenvalue weighted by Gasteiger charge is 1.97. The summed E-state index contributed by atoms with van der Waals surface area (Å²) < 4.78 is 0. The summed E-state index contributed by atoms with van der Waals surface area (Å²) in [5.74, 6) is 0. The lowest BCUT2D eigenvalue weighted by atomic mass is 10.1. The molecule has 0 aromatic heterocycles. The number of rotatable bonds is 5. The molecule has 0 aliphatic heterocycles. The molecule has 1 heteroatoms. The van der Waals surface area contributed by atoms with Gasteiger partial charge in [-0.15, -0.1) is 0 Å². The summed E-state index contributed by atoms with van der Waals surface area (Å²) in [6.45, 7) is 8.43. The largest absolute Gasteiger partial charge is 0.263 e. The van der Waals surface area contributed by atoms with Gasteiger partial charge in [-0.3, -0.25) is 4.99 Å². The molecular weight excluding hydrogens is 206 g/mol. The molecule has 1 rings (SSSR count). The van der Waals surface area contributed by atoms with Crippen LogP contribution in [0.3, 0.4) is 0 Å². The molecule has 0 aliphatic carbocycles. The van der Waals surface area contributed by atoms with Gasteiger partial charge in [0.1, 0.15) is 0 Å². The zero-order valence-corrected chi connectivity index (χ0v) is 11.5. The van der Waals surface area contributed by atoms with Gasteiger partial charge in [0.25, 0.3) is 0 Å². The lowest BCUT2D eigenvalue weighted by Crippen LogP contribution is -1.92. The zero-order chi connectivity index (χ0) is 12.7. The van der Waals surface area contributed by atoms with Crippen molar-refractivity contribution in [3.63, 3.8) is 0 Å². The molecule has 0 amide bonds. The molecule has 0 atom stereocenters. The van der Waals surface area contributed by atoms with E-state index in [4.69, 9.17) is 0 Å². The molecule has 0 fully saturated rings. The maximum atomic E-state index is 4.62. The quantitative estimate of drug-likeness (QED) is 0.649. The summed E-state index contributed by atoms with van der Waals surface area (Å²) in [7, 11) is 0. The molecule has 0 spiro atoms. The van der Waals surface area contributed by atoms with Gasteiger partial charge in [0.05, 0.1) is 0 Å². The minimum atomic E-state index is 1.02. The Morgan fingerprint density at radius 3 is 2.41 bits per heavy atom. The Hall–Kier alpha value is -1.37. The average Bonchev–Trinajstić information content (AvgIpc) is 2.36. The van der Waals surface area contributed by atoms with E-state index < -0.39 is 0 Å². The summed E-state index contributed by atoms with van der Waals surface area (Å²) in [6, 6.07) is 8.76. The van der Waals surface area contributed by atoms with Gasteiger partial charge in [-0.25, -0.2) is 0 Å². The number of allylic oxidation sites excluding steroid dienone is 2. The second kappa shape index (κ2) is 7.05. The van der Waals surface area contributed by atoms with Gasteiger partial charge in [0.2, 0.25) is 0 Å². The van der Waals surface area contributed by atoms with Gasteiger partial charge in [-0.2, -0.15) is 0 Å². The molecule has 0 unspecified atom stereocenters. The van der Waals surface area contributed by atoms with E-state index >= 15 is 0 Å². The third kappa shape index (κ3) is 4.99. The molecule has 0 saturated heterocycles. The molecule has 1 aromatic rings. The van der Waals surface area contributed by atoms with E-state index in [9.17, 15) is 0 Å². The monoisotopic (exact) mass is 229 g/mol. The minimum absolute atomic E-state index is 1.02. The molecule has 1 aromatic carbocycles. The number of hydrogen-bond donors (Lipinski definition) is 0. The van der Waals surface area contributed by atoms with Crippen LogP contribution in [-0.4, -0.2) is 5.71 Å². The highest BCUT2D eigenvalue weighted by molar-refractivity contribution is 5.82. The third-order valence-corrected chi connectivity index (χ3v) is 2.97. The molecule has 0 aliphatic rings. The number of benzene rings is 1. The van der Waals surface area contributed by atoms with Crippen LogP contribution in [0, 0.1) is 6.92 Å². The smallest absolute Gasteiger partial charge is 0.0363 e. The predicted molar refractivity (Wildman–Crippen MR) is 76.7 cm³/mol. The summed E-state index contributed by atoms with van der Waals surface area (Å²) in [6.07, 6.45) is 5.24. The van der Waals surface area contributed by atoms with Gasteiger partial charge in [0.15, 0.2) is 0 Å². The van der Waals surface area contributed by atoms with Crippen molar-refractivity contribution in [1.29, 1.82) is 0 Å². The average molecular weight is 229 g/mol. The van der Waals surface area contributed by atoms with Crippen LogP contribution in [0.2, 0.25) is 0 Å². The second-order valence-electron chi connectivity index (χ2n) is 4.47. The zero-order valence-electron chi connectivity index (χ0n) is 11.5. The van der Waals surface area contributed by atoms with E-state index in [1.54, 1.807) is 0 Å². The summed E-state index contributed by atoms with van der Waals surface area (Å²) >= 11 is 0. The van der Waals surface area contributed by atoms with Crippen LogP contribution >= 0.6 is 0 Å². The molecule has 1 nitrogen and oxygen atoms in total. The van der Waals surface area contributed by atoms with Crippen molar-refractivity contribution in [3.05, 3.63) is 47.2 Å². The van der Waals surface area contributed by atoms with E-state index in [0.29, 0.717) is 0 Å². The topological polar surface area (TPSA) is 12.4 Å². The molecule has 92 valence electrons. The summed E-state index contributed by atoms with van der Waals surface area (Å²) in [5, 5.41) is 0. The van der Waals surface area contributed by atoms with Crippen LogP contribution in [0.5, 0.6) is 0 Å². The maximum absolute atomic E-state index is 4.62. The lowest BCUT2D eigenvalue weighted by Gasteiger charge is -2.04. The number of aliphatic imine (C=N–C) groups is 1. The fourth-order valence-electron chi connectivity index (χ4n) is 1.62. The van der Waals surface area contributed by atoms with Gasteiger partial charge in [0, 0.05) is 11.4 Å². The van der Waals surface area contributed by atoms with Crippen LogP contribution in [0.15, 0.2) is 41.0 Å². The van der Waals surface area contributed by atoms with Crippen molar-refractivity contribution in [2.24, 2.45) is 4.99 Å². The van der Waals surface area contributed by atoms with Crippen LogP contribution in [-0.2, 0) is 6.42 Å². The number of aryl methyl sites for hydroxylation is 2. The highest BCUT2D eigenvalue weighted by Crippen LogP contribution is 2.12. The fourth-order valence-corrected chi connectivity index (χ4v) is 1.62. The first-order valence-electron chi connectivity index (χ1n) is 6.40. The van der Waals surface area contributed by atoms with Crippen LogP contribution in [0.4, 0.5) is 0 Å². The van der Waals surface area contributed by atoms with E-state index in [1.165, 1.54) is 22.5 Å². The molecule has 0 N–H and O–H groups in total. The van der Waals surface area contributed by atoms with Crippen molar-refractivity contribution in [3.8, 4) is 0 Å². The summed E-state index contributed by atoms with van der Waals surface area (Å²) in [5.41, 5.74) is 5.12. The molecule has 17 heavy (non-hydrogen) atoms. The Morgan fingerprint density at radius 2 is 1.88 bits per heavy atom. The standard InChI is InChI=1S/C16H23N/c1-5-14(4)17-16(6-2)12-11-15-9-7-13(3)8-10-15/h6-10H,5,11-12H2,1-4H3/b16-6-,17-14+. The fraction of sp³-hybridized carbons (Fsp3) is 0.438. The highest BCUT2D eigenvalue weighted by atomic mass is 14.7. The molecule has 0 heterocycles. The van der Waals surface area contributed by atoms with Gasteiger partial charge in [-0.05, 0) is 45.6 Å². The van der Waals surface area contributed by atoms with Crippen LogP contribution < -0.4 is 0 Å². The van der Waals surface area contributed by atoms with Crippen LogP contribution in [0.1, 0.15) is 44.7 Å². The Labute approximate surface area is 105 Å². The van der Waals surface area contributed by atoms with Gasteiger partial charge in [-0.1, -0.05) is 42.8 Å². The molecule has 0 bridgehead atoms. The first-order chi connectivity index (χ1) is 8.15. The molecular formula is C16H23N. The van der Waals surface area contributed by atoms with Gasteiger partial charge >= 0.3 is 0 Å². The molecule has 0 radical (unpaired) electrons. The van der Waals surface area contributed by atoms with Crippen molar-refractivity contribution < 1.29 is 0 Å². The number of hydrogen-bond acceptors (Lipinski definition) is 1. The Kier molecular flexibility index (Phi) is 5.68. The van der Waals surface area contributed by atoms with E-state index in [1.807, 2.05) is 0 Å². The summed E-state index contributed by atoms with van der Waals surface area (Å²) in [4.78, 5) is 4.62. The van der Waals surface area contributed by atoms with E-state index in [2.05, 4.69) is 63.0 Å². The SMILES string of the molecule is C/C=C(CCc1ccc(C)cc1)\N=C(/C)CC. The minimum Gasteiger partial charge on any atom is -0.263 e. The van der Waals surface area contributed by atoms with Crippen molar-refractivity contribution in [2.45, 2.75) is 47.0 Å². The van der Waals surface area contributed by atoms with Crippen LogP contribution in [0.25, 0.3) is 0 Å². The Morgan fingerprint density at radius 1 is 1.24 bits per heavy atom. The Balaban J connectivity index is 2.57. The van der Waals surface area contributed by atoms with Gasteiger partial charge < -0.3 is 0 Å². The third-order valence-electron chi connectivity index (χ3n) is 2.97. The van der Waals surface area contributed by atoms with E-state index in [0.717, 1.165) is 19.3 Å². The Bertz CT molecular complexity index is 396. The maximum Gasteiger partial charge on any atom is 0.0363 e.